The lowest BCUT2D eigenvalue weighted by molar-refractivity contribution is -0.120. The second kappa shape index (κ2) is 10.1. The van der Waals surface area contributed by atoms with Crippen molar-refractivity contribution in [3.63, 3.8) is 0 Å². The lowest BCUT2D eigenvalue weighted by Crippen LogP contribution is -2.22. The van der Waals surface area contributed by atoms with E-state index in [0.29, 0.717) is 5.56 Å². The van der Waals surface area contributed by atoms with E-state index >= 15 is 0 Å². The number of nitrogens with zero attached hydrogens (tertiary/aromatic N) is 1. The van der Waals surface area contributed by atoms with Crippen LogP contribution in [0, 0.1) is 5.92 Å². The molecule has 1 aliphatic carbocycles. The highest BCUT2D eigenvalue weighted by Gasteiger charge is 2.23. The van der Waals surface area contributed by atoms with Crippen molar-refractivity contribution in [1.29, 1.82) is 0 Å². The number of carbonyl (C=O) groups is 2. The Morgan fingerprint density at radius 3 is 2.38 bits per heavy atom. The van der Waals surface area contributed by atoms with Crippen LogP contribution in [0.2, 0.25) is 0 Å². The van der Waals surface area contributed by atoms with Crippen LogP contribution in [-0.2, 0) is 11.2 Å². The van der Waals surface area contributed by atoms with Crippen molar-refractivity contribution in [3.05, 3.63) is 83.7 Å². The maximum absolute atomic E-state index is 12.7. The van der Waals surface area contributed by atoms with E-state index in [4.69, 9.17) is 0 Å². The molecule has 1 aliphatic heterocycles. The summed E-state index contributed by atoms with van der Waals surface area (Å²) in [7, 11) is 0. The fourth-order valence-corrected chi connectivity index (χ4v) is 4.93. The van der Waals surface area contributed by atoms with Gasteiger partial charge in [0, 0.05) is 35.4 Å². The Labute approximate surface area is 200 Å². The first kappa shape index (κ1) is 22.1. The van der Waals surface area contributed by atoms with Crippen LogP contribution >= 0.6 is 0 Å². The van der Waals surface area contributed by atoms with Gasteiger partial charge in [0.2, 0.25) is 5.91 Å². The lowest BCUT2D eigenvalue weighted by atomic mass is 9.99. The molecule has 3 N–H and O–H groups in total. The molecule has 6 nitrogen and oxygen atoms in total. The summed E-state index contributed by atoms with van der Waals surface area (Å²) < 4.78 is 0. The van der Waals surface area contributed by atoms with E-state index in [1.165, 1.54) is 24.0 Å². The molecule has 1 aromatic heterocycles. The van der Waals surface area contributed by atoms with E-state index < -0.39 is 0 Å². The molecular weight excluding hydrogens is 424 g/mol. The van der Waals surface area contributed by atoms with Crippen molar-refractivity contribution in [2.24, 2.45) is 5.92 Å². The molecule has 0 radical (unpaired) electrons. The molecule has 1 atom stereocenters. The molecule has 174 valence electrons. The minimum Gasteiger partial charge on any atom is -0.378 e. The average Bonchev–Trinajstić information content (AvgIpc) is 3.09. The molecule has 6 heteroatoms. The summed E-state index contributed by atoms with van der Waals surface area (Å²) >= 11 is 0. The number of rotatable bonds is 5. The second-order valence-corrected chi connectivity index (χ2v) is 9.27. The van der Waals surface area contributed by atoms with Crippen molar-refractivity contribution in [1.82, 2.24) is 4.98 Å². The normalized spacial score (nSPS) is 17.8. The van der Waals surface area contributed by atoms with Gasteiger partial charge in [0.05, 0.1) is 11.6 Å². The number of fused-ring (bicyclic) bond motifs is 1. The summed E-state index contributed by atoms with van der Waals surface area (Å²) in [4.78, 5) is 29.1. The van der Waals surface area contributed by atoms with Gasteiger partial charge in [0.25, 0.3) is 5.91 Å². The summed E-state index contributed by atoms with van der Waals surface area (Å²) in [5.74, 6) is 0.125. The molecule has 0 saturated heterocycles. The van der Waals surface area contributed by atoms with E-state index in [-0.39, 0.29) is 23.8 Å². The summed E-state index contributed by atoms with van der Waals surface area (Å²) in [6.45, 7) is 0. The van der Waals surface area contributed by atoms with Gasteiger partial charge < -0.3 is 16.0 Å². The Morgan fingerprint density at radius 2 is 1.65 bits per heavy atom. The number of pyridine rings is 1. The first-order chi connectivity index (χ1) is 16.7. The number of hydrogen-bond donors (Lipinski definition) is 3. The Balaban J connectivity index is 1.20. The minimum absolute atomic E-state index is 0.140. The van der Waals surface area contributed by atoms with Gasteiger partial charge in [-0.1, -0.05) is 37.8 Å². The molecule has 3 aromatic rings. The fourth-order valence-electron chi connectivity index (χ4n) is 4.93. The number of amides is 2. The second-order valence-electron chi connectivity index (χ2n) is 9.27. The van der Waals surface area contributed by atoms with E-state index in [0.717, 1.165) is 49.2 Å². The standard InChI is InChI=1S/C28H30N4O2/c33-27(20-6-3-1-2-4-7-20)30-23-11-9-19(10-12-23)26-17-22-16-24(13-14-25(22)32-26)31-28(34)21-8-5-15-29-18-21/h5,8-16,18,20,26,32H,1-4,6-7,17H2,(H,30,33)(H,31,34). The molecule has 1 fully saturated rings. The van der Waals surface area contributed by atoms with Gasteiger partial charge in [0.1, 0.15) is 0 Å². The topological polar surface area (TPSA) is 83.1 Å². The molecule has 2 heterocycles. The van der Waals surface area contributed by atoms with Gasteiger partial charge in [-0.3, -0.25) is 14.6 Å². The highest BCUT2D eigenvalue weighted by atomic mass is 16.2. The molecule has 1 unspecified atom stereocenters. The molecule has 2 amide bonds. The highest BCUT2D eigenvalue weighted by molar-refractivity contribution is 6.04. The Kier molecular flexibility index (Phi) is 6.56. The minimum atomic E-state index is -0.169. The zero-order valence-electron chi connectivity index (χ0n) is 19.2. The lowest BCUT2D eigenvalue weighted by Gasteiger charge is -2.16. The molecule has 1 saturated carbocycles. The van der Waals surface area contributed by atoms with Crippen LogP contribution in [0.4, 0.5) is 17.1 Å². The molecule has 0 bridgehead atoms. The zero-order chi connectivity index (χ0) is 23.3. The summed E-state index contributed by atoms with van der Waals surface area (Å²) in [6.07, 6.45) is 10.8. The van der Waals surface area contributed by atoms with Gasteiger partial charge in [-0.15, -0.1) is 0 Å². The van der Waals surface area contributed by atoms with Crippen molar-refractivity contribution < 1.29 is 9.59 Å². The smallest absolute Gasteiger partial charge is 0.257 e. The van der Waals surface area contributed by atoms with Crippen LogP contribution in [0.1, 0.15) is 66.1 Å². The molecule has 34 heavy (non-hydrogen) atoms. The van der Waals surface area contributed by atoms with Crippen molar-refractivity contribution in [2.75, 3.05) is 16.0 Å². The third-order valence-corrected chi connectivity index (χ3v) is 6.85. The van der Waals surface area contributed by atoms with Gasteiger partial charge in [-0.2, -0.15) is 0 Å². The zero-order valence-corrected chi connectivity index (χ0v) is 19.2. The third-order valence-electron chi connectivity index (χ3n) is 6.85. The van der Waals surface area contributed by atoms with E-state index in [1.54, 1.807) is 24.5 Å². The third kappa shape index (κ3) is 5.11. The molecule has 2 aliphatic rings. The van der Waals surface area contributed by atoms with Crippen LogP contribution in [0.5, 0.6) is 0 Å². The van der Waals surface area contributed by atoms with E-state index in [1.807, 2.05) is 30.3 Å². The maximum atomic E-state index is 12.7. The van der Waals surface area contributed by atoms with Crippen LogP contribution < -0.4 is 16.0 Å². The number of carbonyl (C=O) groups excluding carboxylic acids is 2. The van der Waals surface area contributed by atoms with Crippen LogP contribution in [0.15, 0.2) is 67.0 Å². The molecule has 0 spiro atoms. The summed E-state index contributed by atoms with van der Waals surface area (Å²) in [6, 6.07) is 17.8. The van der Waals surface area contributed by atoms with Gasteiger partial charge >= 0.3 is 0 Å². The Bertz CT molecular complexity index is 1150. The maximum Gasteiger partial charge on any atom is 0.257 e. The first-order valence-electron chi connectivity index (χ1n) is 12.2. The van der Waals surface area contributed by atoms with Gasteiger partial charge in [-0.25, -0.2) is 0 Å². The predicted octanol–water partition coefficient (Wildman–Crippen LogP) is 5.95. The van der Waals surface area contributed by atoms with E-state index in [9.17, 15) is 9.59 Å². The highest BCUT2D eigenvalue weighted by Crippen LogP contribution is 2.36. The molecular formula is C28H30N4O2. The Morgan fingerprint density at radius 1 is 0.882 bits per heavy atom. The van der Waals surface area contributed by atoms with Crippen molar-refractivity contribution in [2.45, 2.75) is 51.0 Å². The van der Waals surface area contributed by atoms with Crippen LogP contribution in [0.25, 0.3) is 0 Å². The molecule has 5 rings (SSSR count). The summed E-state index contributed by atoms with van der Waals surface area (Å²) in [5.41, 5.74) is 5.57. The van der Waals surface area contributed by atoms with Gasteiger partial charge in [0.15, 0.2) is 0 Å². The average molecular weight is 455 g/mol. The van der Waals surface area contributed by atoms with Crippen molar-refractivity contribution in [3.8, 4) is 0 Å². The quantitative estimate of drug-likeness (QED) is 0.416. The van der Waals surface area contributed by atoms with Crippen molar-refractivity contribution >= 4 is 28.9 Å². The predicted molar refractivity (Wildman–Crippen MR) is 135 cm³/mol. The van der Waals surface area contributed by atoms with Gasteiger partial charge in [-0.05, 0) is 72.9 Å². The number of nitrogens with one attached hydrogen (secondary N) is 3. The number of benzene rings is 2. The monoisotopic (exact) mass is 454 g/mol. The number of hydrogen-bond acceptors (Lipinski definition) is 4. The Hall–Kier alpha value is -3.67. The van der Waals surface area contributed by atoms with E-state index in [2.05, 4.69) is 33.1 Å². The van der Waals surface area contributed by atoms with Crippen LogP contribution in [-0.4, -0.2) is 16.8 Å². The largest absolute Gasteiger partial charge is 0.378 e. The first-order valence-corrected chi connectivity index (χ1v) is 12.2. The number of aromatic nitrogens is 1. The fraction of sp³-hybridized carbons (Fsp3) is 0.321. The summed E-state index contributed by atoms with van der Waals surface area (Å²) in [5, 5.41) is 9.63. The SMILES string of the molecule is O=C(Nc1ccc2c(c1)CC(c1ccc(NC(=O)C3CCCCCC3)cc1)N2)c1cccnc1. The number of anilines is 3. The molecule has 2 aromatic carbocycles. The van der Waals surface area contributed by atoms with Crippen LogP contribution in [0.3, 0.4) is 0 Å².